The Morgan fingerprint density at radius 2 is 1.96 bits per heavy atom. The van der Waals surface area contributed by atoms with Crippen LogP contribution in [0.4, 0.5) is 0 Å². The SMILES string of the molecule is CCOc1ccc(C(=O)NCCCc2ccccc2OC)cc1Cl. The molecular weight excluding hydrogens is 326 g/mol. The molecule has 0 aromatic heterocycles. The van der Waals surface area contributed by atoms with Crippen LogP contribution in [0.1, 0.15) is 29.3 Å². The Kier molecular flexibility index (Phi) is 6.94. The van der Waals surface area contributed by atoms with E-state index in [9.17, 15) is 4.79 Å². The van der Waals surface area contributed by atoms with Crippen LogP contribution in [-0.4, -0.2) is 26.2 Å². The van der Waals surface area contributed by atoms with Crippen LogP contribution in [0.5, 0.6) is 11.5 Å². The molecule has 0 aliphatic heterocycles. The number of para-hydroxylation sites is 1. The first-order chi connectivity index (χ1) is 11.7. The van der Waals surface area contributed by atoms with Gasteiger partial charge in [-0.2, -0.15) is 0 Å². The molecule has 2 aromatic rings. The van der Waals surface area contributed by atoms with Crippen molar-refractivity contribution in [3.8, 4) is 11.5 Å². The minimum Gasteiger partial charge on any atom is -0.496 e. The number of methoxy groups -OCH3 is 1. The van der Waals surface area contributed by atoms with E-state index in [4.69, 9.17) is 21.1 Å². The van der Waals surface area contributed by atoms with Crippen LogP contribution in [0.25, 0.3) is 0 Å². The van der Waals surface area contributed by atoms with E-state index in [0.29, 0.717) is 29.5 Å². The van der Waals surface area contributed by atoms with Gasteiger partial charge in [0.05, 0.1) is 18.7 Å². The molecule has 0 bridgehead atoms. The molecule has 0 aliphatic carbocycles. The van der Waals surface area contributed by atoms with Gasteiger partial charge in [-0.15, -0.1) is 0 Å². The van der Waals surface area contributed by atoms with Crippen molar-refractivity contribution in [2.24, 2.45) is 0 Å². The number of amides is 1. The van der Waals surface area contributed by atoms with Crippen LogP contribution in [0.3, 0.4) is 0 Å². The number of hydrogen-bond acceptors (Lipinski definition) is 3. The minimum atomic E-state index is -0.139. The smallest absolute Gasteiger partial charge is 0.251 e. The molecular formula is C19H22ClNO3. The van der Waals surface area contributed by atoms with Crippen LogP contribution in [-0.2, 0) is 6.42 Å². The molecule has 0 unspecified atom stereocenters. The lowest BCUT2D eigenvalue weighted by Crippen LogP contribution is -2.24. The van der Waals surface area contributed by atoms with E-state index in [0.717, 1.165) is 24.2 Å². The van der Waals surface area contributed by atoms with Crippen molar-refractivity contribution < 1.29 is 14.3 Å². The number of halogens is 1. The fourth-order valence-corrected chi connectivity index (χ4v) is 2.64. The molecule has 0 saturated carbocycles. The van der Waals surface area contributed by atoms with Crippen LogP contribution < -0.4 is 14.8 Å². The molecule has 1 amide bonds. The van der Waals surface area contributed by atoms with E-state index >= 15 is 0 Å². The highest BCUT2D eigenvalue weighted by Gasteiger charge is 2.09. The number of aryl methyl sites for hydroxylation is 1. The predicted octanol–water partition coefficient (Wildman–Crippen LogP) is 4.11. The molecule has 0 saturated heterocycles. The van der Waals surface area contributed by atoms with Gasteiger partial charge in [0.1, 0.15) is 11.5 Å². The average Bonchev–Trinajstić information content (AvgIpc) is 2.60. The number of carbonyl (C=O) groups is 1. The molecule has 5 heteroatoms. The first-order valence-electron chi connectivity index (χ1n) is 7.98. The zero-order valence-electron chi connectivity index (χ0n) is 14.0. The van der Waals surface area contributed by atoms with Gasteiger partial charge >= 0.3 is 0 Å². The predicted molar refractivity (Wildman–Crippen MR) is 96.3 cm³/mol. The number of nitrogens with one attached hydrogen (secondary N) is 1. The first kappa shape index (κ1) is 18.1. The second kappa shape index (κ2) is 9.18. The monoisotopic (exact) mass is 347 g/mol. The van der Waals surface area contributed by atoms with E-state index in [2.05, 4.69) is 5.32 Å². The van der Waals surface area contributed by atoms with Crippen LogP contribution >= 0.6 is 11.6 Å². The fraction of sp³-hybridized carbons (Fsp3) is 0.316. The molecule has 4 nitrogen and oxygen atoms in total. The Bertz CT molecular complexity index is 688. The zero-order valence-corrected chi connectivity index (χ0v) is 14.7. The third kappa shape index (κ3) is 4.90. The Morgan fingerprint density at radius 1 is 1.17 bits per heavy atom. The van der Waals surface area contributed by atoms with Crippen molar-refractivity contribution in [3.63, 3.8) is 0 Å². The highest BCUT2D eigenvalue weighted by atomic mass is 35.5. The highest BCUT2D eigenvalue weighted by Crippen LogP contribution is 2.25. The Morgan fingerprint density at radius 3 is 2.67 bits per heavy atom. The maximum Gasteiger partial charge on any atom is 0.251 e. The van der Waals surface area contributed by atoms with Crippen molar-refractivity contribution in [1.82, 2.24) is 5.32 Å². The third-order valence-corrected chi connectivity index (χ3v) is 3.89. The summed E-state index contributed by atoms with van der Waals surface area (Å²) in [5.74, 6) is 1.33. The van der Waals surface area contributed by atoms with Gasteiger partial charge in [0, 0.05) is 12.1 Å². The van der Waals surface area contributed by atoms with Gasteiger partial charge in [0.25, 0.3) is 5.91 Å². The van der Waals surface area contributed by atoms with Crippen molar-refractivity contribution >= 4 is 17.5 Å². The quantitative estimate of drug-likeness (QED) is 0.731. The molecule has 0 aliphatic rings. The lowest BCUT2D eigenvalue weighted by Gasteiger charge is -2.10. The topological polar surface area (TPSA) is 47.6 Å². The van der Waals surface area contributed by atoms with Gasteiger partial charge in [-0.3, -0.25) is 4.79 Å². The highest BCUT2D eigenvalue weighted by molar-refractivity contribution is 6.32. The van der Waals surface area contributed by atoms with Crippen LogP contribution in [0.2, 0.25) is 5.02 Å². The van der Waals surface area contributed by atoms with Gasteiger partial charge < -0.3 is 14.8 Å². The fourth-order valence-electron chi connectivity index (χ4n) is 2.41. The molecule has 2 aromatic carbocycles. The maximum absolute atomic E-state index is 12.2. The van der Waals surface area contributed by atoms with Crippen LogP contribution in [0, 0.1) is 0 Å². The Balaban J connectivity index is 1.84. The van der Waals surface area contributed by atoms with Gasteiger partial charge in [0.15, 0.2) is 0 Å². The number of ether oxygens (including phenoxy) is 2. The number of rotatable bonds is 8. The molecule has 0 spiro atoms. The summed E-state index contributed by atoms with van der Waals surface area (Å²) in [6, 6.07) is 13.0. The normalized spacial score (nSPS) is 10.3. The Hall–Kier alpha value is -2.20. The lowest BCUT2D eigenvalue weighted by molar-refractivity contribution is 0.0953. The molecule has 0 heterocycles. The molecule has 2 rings (SSSR count). The van der Waals surface area contributed by atoms with Gasteiger partial charge in [0.2, 0.25) is 0 Å². The summed E-state index contributed by atoms with van der Waals surface area (Å²) in [7, 11) is 1.66. The molecule has 0 radical (unpaired) electrons. The largest absolute Gasteiger partial charge is 0.496 e. The van der Waals surface area contributed by atoms with E-state index < -0.39 is 0 Å². The molecule has 1 N–H and O–H groups in total. The molecule has 24 heavy (non-hydrogen) atoms. The van der Waals surface area contributed by atoms with Crippen LogP contribution in [0.15, 0.2) is 42.5 Å². The summed E-state index contributed by atoms with van der Waals surface area (Å²) >= 11 is 6.11. The summed E-state index contributed by atoms with van der Waals surface area (Å²) in [5, 5.41) is 3.35. The number of hydrogen-bond donors (Lipinski definition) is 1. The summed E-state index contributed by atoms with van der Waals surface area (Å²) < 4.78 is 10.7. The van der Waals surface area contributed by atoms with Gasteiger partial charge in [-0.25, -0.2) is 0 Å². The van der Waals surface area contributed by atoms with E-state index in [1.54, 1.807) is 25.3 Å². The van der Waals surface area contributed by atoms with Crippen molar-refractivity contribution in [1.29, 1.82) is 0 Å². The van der Waals surface area contributed by atoms with E-state index in [1.807, 2.05) is 31.2 Å². The number of carbonyl (C=O) groups excluding carboxylic acids is 1. The van der Waals surface area contributed by atoms with E-state index in [1.165, 1.54) is 0 Å². The molecule has 0 atom stereocenters. The van der Waals surface area contributed by atoms with Crippen molar-refractivity contribution in [3.05, 3.63) is 58.6 Å². The summed E-state index contributed by atoms with van der Waals surface area (Å²) in [4.78, 5) is 12.2. The van der Waals surface area contributed by atoms with Crippen molar-refractivity contribution in [2.45, 2.75) is 19.8 Å². The summed E-state index contributed by atoms with van der Waals surface area (Å²) in [5.41, 5.74) is 1.67. The van der Waals surface area contributed by atoms with E-state index in [-0.39, 0.29) is 5.91 Å². The minimum absolute atomic E-state index is 0.139. The van der Waals surface area contributed by atoms with Crippen molar-refractivity contribution in [2.75, 3.05) is 20.3 Å². The average molecular weight is 348 g/mol. The second-order valence-electron chi connectivity index (χ2n) is 5.25. The van der Waals surface area contributed by atoms with Gasteiger partial charge in [-0.05, 0) is 49.6 Å². The first-order valence-corrected chi connectivity index (χ1v) is 8.36. The lowest BCUT2D eigenvalue weighted by atomic mass is 10.1. The molecule has 128 valence electrons. The zero-order chi connectivity index (χ0) is 17.4. The summed E-state index contributed by atoms with van der Waals surface area (Å²) in [6.07, 6.45) is 1.67. The standard InChI is InChI=1S/C19H22ClNO3/c1-3-24-18-11-10-15(13-16(18)20)19(22)21-12-6-8-14-7-4-5-9-17(14)23-2/h4-5,7,9-11,13H,3,6,8,12H2,1-2H3,(H,21,22). The third-order valence-electron chi connectivity index (χ3n) is 3.59. The molecule has 0 fully saturated rings. The second-order valence-corrected chi connectivity index (χ2v) is 5.66. The summed E-state index contributed by atoms with van der Waals surface area (Å²) in [6.45, 7) is 3.01. The Labute approximate surface area is 147 Å². The number of benzene rings is 2. The van der Waals surface area contributed by atoms with Gasteiger partial charge in [-0.1, -0.05) is 29.8 Å². The maximum atomic E-state index is 12.2.